The van der Waals surface area contributed by atoms with Gasteiger partial charge >= 0.3 is 0 Å². The summed E-state index contributed by atoms with van der Waals surface area (Å²) in [7, 11) is 0. The van der Waals surface area contributed by atoms with Crippen LogP contribution in [0.1, 0.15) is 25.7 Å². The summed E-state index contributed by atoms with van der Waals surface area (Å²) in [6.07, 6.45) is 3.99. The first-order chi connectivity index (χ1) is 6.33. The molecule has 3 heteroatoms. The predicted octanol–water partition coefficient (Wildman–Crippen LogP) is 0.545. The first kappa shape index (κ1) is 9.44. The number of hydrogen-bond acceptors (Lipinski definition) is 3. The van der Waals surface area contributed by atoms with Crippen LogP contribution in [0.2, 0.25) is 0 Å². The second-order valence-electron chi connectivity index (χ2n) is 4.23. The van der Waals surface area contributed by atoms with Gasteiger partial charge in [-0.05, 0) is 18.3 Å². The normalized spacial score (nSPS) is 41.5. The summed E-state index contributed by atoms with van der Waals surface area (Å²) in [5, 5.41) is 18.8. The van der Waals surface area contributed by atoms with Gasteiger partial charge < -0.3 is 14.9 Å². The molecule has 0 amide bonds. The Balaban J connectivity index is 1.93. The van der Waals surface area contributed by atoms with Gasteiger partial charge in [-0.15, -0.1) is 0 Å². The topological polar surface area (TPSA) is 49.7 Å². The summed E-state index contributed by atoms with van der Waals surface area (Å²) in [5.41, 5.74) is 0. The molecule has 1 saturated heterocycles. The zero-order chi connectivity index (χ0) is 9.26. The molecular weight excluding hydrogens is 168 g/mol. The molecule has 3 nitrogen and oxygen atoms in total. The predicted molar refractivity (Wildman–Crippen MR) is 48.3 cm³/mol. The number of aliphatic hydroxyl groups excluding tert-OH is 2. The Bertz CT molecular complexity index is 168. The third kappa shape index (κ3) is 1.73. The summed E-state index contributed by atoms with van der Waals surface area (Å²) in [6.45, 7) is 0.647. The lowest BCUT2D eigenvalue weighted by molar-refractivity contribution is -0.140. The van der Waals surface area contributed by atoms with Crippen LogP contribution in [0.15, 0.2) is 0 Å². The van der Waals surface area contributed by atoms with Crippen LogP contribution in [-0.4, -0.2) is 35.6 Å². The molecule has 13 heavy (non-hydrogen) atoms. The summed E-state index contributed by atoms with van der Waals surface area (Å²) >= 11 is 0. The van der Waals surface area contributed by atoms with Crippen LogP contribution in [0.25, 0.3) is 0 Å². The Kier molecular flexibility index (Phi) is 2.86. The maximum absolute atomic E-state index is 9.88. The minimum absolute atomic E-state index is 0.0512. The third-order valence-corrected chi connectivity index (χ3v) is 3.54. The molecule has 2 aliphatic rings. The van der Waals surface area contributed by atoms with E-state index in [1.165, 1.54) is 19.3 Å². The number of aliphatic hydroxyl groups is 2. The Labute approximate surface area is 78.7 Å². The Morgan fingerprint density at radius 1 is 1.23 bits per heavy atom. The zero-order valence-corrected chi connectivity index (χ0v) is 7.85. The van der Waals surface area contributed by atoms with Crippen LogP contribution < -0.4 is 0 Å². The Hall–Kier alpha value is -0.120. The van der Waals surface area contributed by atoms with Crippen molar-refractivity contribution in [2.75, 3.05) is 13.2 Å². The molecule has 1 aliphatic heterocycles. The van der Waals surface area contributed by atoms with E-state index in [0.717, 1.165) is 6.42 Å². The molecule has 0 radical (unpaired) electrons. The van der Waals surface area contributed by atoms with E-state index >= 15 is 0 Å². The van der Waals surface area contributed by atoms with E-state index in [2.05, 4.69) is 0 Å². The van der Waals surface area contributed by atoms with Crippen molar-refractivity contribution in [2.45, 2.75) is 37.9 Å². The molecule has 3 unspecified atom stereocenters. The maximum atomic E-state index is 9.88. The van der Waals surface area contributed by atoms with Gasteiger partial charge in [0, 0.05) is 6.61 Å². The van der Waals surface area contributed by atoms with Crippen molar-refractivity contribution in [1.82, 2.24) is 0 Å². The molecule has 0 bridgehead atoms. The van der Waals surface area contributed by atoms with Crippen molar-refractivity contribution in [3.05, 3.63) is 0 Å². The van der Waals surface area contributed by atoms with E-state index in [-0.39, 0.29) is 12.7 Å². The SMILES string of the molecule is OCC1OCCC(C2CCC2)C1O. The summed E-state index contributed by atoms with van der Waals surface area (Å²) in [4.78, 5) is 0. The van der Waals surface area contributed by atoms with Gasteiger partial charge in [0.2, 0.25) is 0 Å². The van der Waals surface area contributed by atoms with Gasteiger partial charge in [0.05, 0.1) is 12.7 Å². The van der Waals surface area contributed by atoms with Gasteiger partial charge in [0.1, 0.15) is 6.10 Å². The summed E-state index contributed by atoms with van der Waals surface area (Å²) in [5.74, 6) is 1.06. The third-order valence-electron chi connectivity index (χ3n) is 3.54. The van der Waals surface area contributed by atoms with Gasteiger partial charge in [0.15, 0.2) is 0 Å². The van der Waals surface area contributed by atoms with Crippen LogP contribution in [0.3, 0.4) is 0 Å². The summed E-state index contributed by atoms with van der Waals surface area (Å²) in [6, 6.07) is 0. The van der Waals surface area contributed by atoms with E-state index in [4.69, 9.17) is 9.84 Å². The molecule has 2 N–H and O–H groups in total. The van der Waals surface area contributed by atoms with E-state index < -0.39 is 6.10 Å². The molecule has 0 aromatic rings. The van der Waals surface area contributed by atoms with Crippen LogP contribution >= 0.6 is 0 Å². The number of rotatable bonds is 2. The quantitative estimate of drug-likeness (QED) is 0.662. The highest BCUT2D eigenvalue weighted by Crippen LogP contribution is 2.39. The smallest absolute Gasteiger partial charge is 0.107 e. The van der Waals surface area contributed by atoms with Gasteiger partial charge in [-0.2, -0.15) is 0 Å². The average molecular weight is 186 g/mol. The Morgan fingerprint density at radius 2 is 2.00 bits per heavy atom. The van der Waals surface area contributed by atoms with E-state index in [0.29, 0.717) is 18.4 Å². The molecule has 1 heterocycles. The first-order valence-corrected chi connectivity index (χ1v) is 5.23. The van der Waals surface area contributed by atoms with Crippen molar-refractivity contribution in [3.8, 4) is 0 Å². The van der Waals surface area contributed by atoms with Gasteiger partial charge in [0.25, 0.3) is 0 Å². The molecule has 1 saturated carbocycles. The van der Waals surface area contributed by atoms with Crippen molar-refractivity contribution in [3.63, 3.8) is 0 Å². The fraction of sp³-hybridized carbons (Fsp3) is 1.00. The fourth-order valence-corrected chi connectivity index (χ4v) is 2.44. The molecule has 3 atom stereocenters. The second kappa shape index (κ2) is 3.95. The molecular formula is C10H18O3. The zero-order valence-electron chi connectivity index (χ0n) is 7.85. The molecule has 2 fully saturated rings. The molecule has 0 aromatic heterocycles. The average Bonchev–Trinajstić information content (AvgIpc) is 2.05. The van der Waals surface area contributed by atoms with Crippen molar-refractivity contribution >= 4 is 0 Å². The molecule has 76 valence electrons. The van der Waals surface area contributed by atoms with Crippen LogP contribution in [0.5, 0.6) is 0 Å². The van der Waals surface area contributed by atoms with Crippen molar-refractivity contribution in [2.24, 2.45) is 11.8 Å². The molecule has 1 aliphatic carbocycles. The van der Waals surface area contributed by atoms with Gasteiger partial charge in [-0.1, -0.05) is 19.3 Å². The Morgan fingerprint density at radius 3 is 2.54 bits per heavy atom. The van der Waals surface area contributed by atoms with Crippen molar-refractivity contribution in [1.29, 1.82) is 0 Å². The highest BCUT2D eigenvalue weighted by atomic mass is 16.5. The highest BCUT2D eigenvalue weighted by molar-refractivity contribution is 4.88. The lowest BCUT2D eigenvalue weighted by atomic mass is 9.70. The van der Waals surface area contributed by atoms with E-state index in [1.807, 2.05) is 0 Å². The molecule has 2 rings (SSSR count). The molecule has 0 spiro atoms. The van der Waals surface area contributed by atoms with Gasteiger partial charge in [-0.3, -0.25) is 0 Å². The lowest BCUT2D eigenvalue weighted by Crippen LogP contribution is -2.47. The second-order valence-corrected chi connectivity index (χ2v) is 4.23. The highest BCUT2D eigenvalue weighted by Gasteiger charge is 2.38. The maximum Gasteiger partial charge on any atom is 0.107 e. The minimum atomic E-state index is -0.441. The van der Waals surface area contributed by atoms with Crippen LogP contribution in [0.4, 0.5) is 0 Å². The standard InChI is InChI=1S/C10H18O3/c11-6-9-10(12)8(4-5-13-9)7-2-1-3-7/h7-12H,1-6H2. The van der Waals surface area contributed by atoms with Crippen molar-refractivity contribution < 1.29 is 14.9 Å². The minimum Gasteiger partial charge on any atom is -0.394 e. The first-order valence-electron chi connectivity index (χ1n) is 5.23. The van der Waals surface area contributed by atoms with Crippen LogP contribution in [-0.2, 0) is 4.74 Å². The van der Waals surface area contributed by atoms with E-state index in [9.17, 15) is 5.11 Å². The lowest BCUT2D eigenvalue weighted by Gasteiger charge is -2.42. The van der Waals surface area contributed by atoms with E-state index in [1.54, 1.807) is 0 Å². The van der Waals surface area contributed by atoms with Gasteiger partial charge in [-0.25, -0.2) is 0 Å². The number of hydrogen-bond donors (Lipinski definition) is 2. The largest absolute Gasteiger partial charge is 0.394 e. The summed E-state index contributed by atoms with van der Waals surface area (Å²) < 4.78 is 5.29. The number of ether oxygens (including phenoxy) is 1. The monoisotopic (exact) mass is 186 g/mol. The fourth-order valence-electron chi connectivity index (χ4n) is 2.44. The van der Waals surface area contributed by atoms with Crippen LogP contribution in [0, 0.1) is 11.8 Å². The molecule has 0 aromatic carbocycles.